The molecule has 0 heterocycles. The zero-order chi connectivity index (χ0) is 18.8. The number of hydrogen-bond acceptors (Lipinski definition) is 6. The number of carbonyl (C=O) groups is 4. The molecule has 1 aromatic carbocycles. The van der Waals surface area contributed by atoms with Gasteiger partial charge < -0.3 is 25.6 Å². The second-order valence-corrected chi connectivity index (χ2v) is 5.12. The van der Waals surface area contributed by atoms with Gasteiger partial charge in [0.2, 0.25) is 12.3 Å². The Kier molecular flexibility index (Phi) is 7.91. The van der Waals surface area contributed by atoms with E-state index in [2.05, 4.69) is 10.6 Å². The molecule has 2 atom stereocenters. The zero-order valence-electron chi connectivity index (χ0n) is 13.6. The molecular weight excluding hydrogens is 332 g/mol. The van der Waals surface area contributed by atoms with Gasteiger partial charge in [0.25, 0.3) is 0 Å². The molecule has 0 saturated heterocycles. The largest absolute Gasteiger partial charge is 0.508 e. The highest BCUT2D eigenvalue weighted by Gasteiger charge is 2.28. The van der Waals surface area contributed by atoms with Gasteiger partial charge in [-0.25, -0.2) is 4.79 Å². The van der Waals surface area contributed by atoms with Gasteiger partial charge in [0, 0.05) is 6.42 Å². The Bertz CT molecular complexity index is 615. The summed E-state index contributed by atoms with van der Waals surface area (Å²) in [5.74, 6) is -2.73. The summed E-state index contributed by atoms with van der Waals surface area (Å²) in [6, 6.07) is 3.63. The van der Waals surface area contributed by atoms with Gasteiger partial charge in [-0.1, -0.05) is 12.1 Å². The van der Waals surface area contributed by atoms with E-state index >= 15 is 0 Å². The first kappa shape index (κ1) is 19.9. The molecule has 1 rings (SSSR count). The number of amides is 2. The standard InChI is InChI=1S/C16H20N2O7/c1-2-25-16(24)13(7-10-3-5-11(20)6-4-10)18-15(23)12(17-9-19)8-14(21)22/h3-6,9,12-13,20H,2,7-8H2,1H3,(H,17,19)(H,18,23)(H,21,22)/t12-,13-/m0/s1. The van der Waals surface area contributed by atoms with Crippen molar-refractivity contribution in [3.8, 4) is 5.75 Å². The number of rotatable bonds is 10. The number of carboxylic acid groups (broad SMARTS) is 1. The number of phenolic OH excluding ortho intramolecular Hbond substituents is 1. The highest BCUT2D eigenvalue weighted by Crippen LogP contribution is 2.12. The van der Waals surface area contributed by atoms with Crippen molar-refractivity contribution in [3.63, 3.8) is 0 Å². The van der Waals surface area contributed by atoms with Crippen LogP contribution in [0.4, 0.5) is 0 Å². The number of aliphatic carboxylic acids is 1. The van der Waals surface area contributed by atoms with E-state index in [1.54, 1.807) is 19.1 Å². The van der Waals surface area contributed by atoms with E-state index < -0.39 is 36.4 Å². The summed E-state index contributed by atoms with van der Waals surface area (Å²) in [5, 5.41) is 22.6. The molecular formula is C16H20N2O7. The first-order valence-corrected chi connectivity index (χ1v) is 7.53. The monoisotopic (exact) mass is 352 g/mol. The van der Waals surface area contributed by atoms with E-state index in [0.29, 0.717) is 5.56 Å². The van der Waals surface area contributed by atoms with Crippen molar-refractivity contribution in [2.24, 2.45) is 0 Å². The average molecular weight is 352 g/mol. The van der Waals surface area contributed by atoms with Crippen molar-refractivity contribution in [3.05, 3.63) is 29.8 Å². The lowest BCUT2D eigenvalue weighted by molar-refractivity contribution is -0.147. The Balaban J connectivity index is 2.88. The number of nitrogens with one attached hydrogen (secondary N) is 2. The molecule has 4 N–H and O–H groups in total. The number of carbonyl (C=O) groups excluding carboxylic acids is 3. The summed E-state index contributed by atoms with van der Waals surface area (Å²) >= 11 is 0. The van der Waals surface area contributed by atoms with E-state index in [0.717, 1.165) is 0 Å². The predicted octanol–water partition coefficient (Wildman–Crippen LogP) is -0.428. The minimum atomic E-state index is -1.31. The minimum Gasteiger partial charge on any atom is -0.508 e. The highest BCUT2D eigenvalue weighted by molar-refractivity contribution is 5.91. The maximum atomic E-state index is 12.2. The summed E-state index contributed by atoms with van der Waals surface area (Å²) in [4.78, 5) is 45.6. The molecule has 1 aromatic rings. The number of aromatic hydroxyl groups is 1. The van der Waals surface area contributed by atoms with Crippen LogP contribution >= 0.6 is 0 Å². The van der Waals surface area contributed by atoms with Gasteiger partial charge in [-0.15, -0.1) is 0 Å². The fraction of sp³-hybridized carbons (Fsp3) is 0.375. The molecule has 0 aliphatic rings. The third-order valence-corrected chi connectivity index (χ3v) is 3.23. The van der Waals surface area contributed by atoms with E-state index in [-0.39, 0.29) is 25.2 Å². The second kappa shape index (κ2) is 9.91. The lowest BCUT2D eigenvalue weighted by atomic mass is 10.0. The minimum absolute atomic E-state index is 0.0529. The van der Waals surface area contributed by atoms with Crippen molar-refractivity contribution in [1.82, 2.24) is 10.6 Å². The summed E-state index contributed by atoms with van der Waals surface area (Å²) in [6.45, 7) is 1.71. The third-order valence-electron chi connectivity index (χ3n) is 3.23. The van der Waals surface area contributed by atoms with Crippen molar-refractivity contribution in [1.29, 1.82) is 0 Å². The molecule has 0 saturated carbocycles. The van der Waals surface area contributed by atoms with Crippen LogP contribution in [0.25, 0.3) is 0 Å². The Morgan fingerprint density at radius 3 is 2.36 bits per heavy atom. The average Bonchev–Trinajstić information content (AvgIpc) is 2.55. The molecule has 0 fully saturated rings. The molecule has 2 amide bonds. The van der Waals surface area contributed by atoms with Crippen molar-refractivity contribution in [2.45, 2.75) is 31.8 Å². The maximum Gasteiger partial charge on any atom is 0.328 e. The highest BCUT2D eigenvalue weighted by atomic mass is 16.5. The number of ether oxygens (including phenoxy) is 1. The zero-order valence-corrected chi connectivity index (χ0v) is 13.6. The van der Waals surface area contributed by atoms with Crippen LogP contribution in [0.3, 0.4) is 0 Å². The number of carboxylic acids is 1. The number of phenols is 1. The van der Waals surface area contributed by atoms with E-state index in [4.69, 9.17) is 9.84 Å². The molecule has 0 radical (unpaired) electrons. The third kappa shape index (κ3) is 6.90. The lowest BCUT2D eigenvalue weighted by Gasteiger charge is -2.20. The first-order chi connectivity index (χ1) is 11.9. The molecule has 0 bridgehead atoms. The summed E-state index contributed by atoms with van der Waals surface area (Å²) < 4.78 is 4.91. The van der Waals surface area contributed by atoms with Crippen LogP contribution in [0, 0.1) is 0 Å². The van der Waals surface area contributed by atoms with E-state index in [1.807, 2.05) is 0 Å². The van der Waals surface area contributed by atoms with Crippen LogP contribution in [0.5, 0.6) is 5.75 Å². The van der Waals surface area contributed by atoms with Gasteiger partial charge in [0.15, 0.2) is 0 Å². The topological polar surface area (TPSA) is 142 Å². The molecule has 25 heavy (non-hydrogen) atoms. The Morgan fingerprint density at radius 2 is 1.84 bits per heavy atom. The van der Waals surface area contributed by atoms with Gasteiger partial charge >= 0.3 is 11.9 Å². The van der Waals surface area contributed by atoms with Crippen LogP contribution in [0.2, 0.25) is 0 Å². The Hall–Kier alpha value is -3.10. The van der Waals surface area contributed by atoms with Gasteiger partial charge in [0.1, 0.15) is 17.8 Å². The number of benzene rings is 1. The maximum absolute atomic E-state index is 12.2. The van der Waals surface area contributed by atoms with Crippen LogP contribution in [-0.2, 0) is 30.3 Å². The van der Waals surface area contributed by atoms with E-state index in [1.165, 1.54) is 12.1 Å². The number of hydrogen-bond donors (Lipinski definition) is 4. The van der Waals surface area contributed by atoms with E-state index in [9.17, 15) is 24.3 Å². The van der Waals surface area contributed by atoms with Gasteiger partial charge in [-0.05, 0) is 24.6 Å². The summed E-state index contributed by atoms with van der Waals surface area (Å²) in [7, 11) is 0. The van der Waals surface area contributed by atoms with Crippen LogP contribution in [-0.4, -0.2) is 53.2 Å². The van der Waals surface area contributed by atoms with Gasteiger partial charge in [-0.2, -0.15) is 0 Å². The molecule has 0 aliphatic heterocycles. The van der Waals surface area contributed by atoms with Crippen LogP contribution in [0.1, 0.15) is 18.9 Å². The fourth-order valence-electron chi connectivity index (χ4n) is 2.06. The Morgan fingerprint density at radius 1 is 1.20 bits per heavy atom. The Labute approximate surface area is 144 Å². The molecule has 9 heteroatoms. The lowest BCUT2D eigenvalue weighted by Crippen LogP contribution is -2.51. The quantitative estimate of drug-likeness (QED) is 0.331. The second-order valence-electron chi connectivity index (χ2n) is 5.12. The SMILES string of the molecule is CCOC(=O)[C@H](Cc1ccc(O)cc1)NC(=O)[C@H](CC(=O)O)NC=O. The van der Waals surface area contributed by atoms with Crippen molar-refractivity contribution < 1.29 is 34.1 Å². The summed E-state index contributed by atoms with van der Waals surface area (Å²) in [5.41, 5.74) is 0.647. The van der Waals surface area contributed by atoms with Gasteiger partial charge in [-0.3, -0.25) is 14.4 Å². The normalized spacial score (nSPS) is 12.5. The summed E-state index contributed by atoms with van der Waals surface area (Å²) in [6.07, 6.45) is -0.336. The smallest absolute Gasteiger partial charge is 0.328 e. The number of esters is 1. The molecule has 0 aliphatic carbocycles. The molecule has 0 aromatic heterocycles. The van der Waals surface area contributed by atoms with Gasteiger partial charge in [0.05, 0.1) is 13.0 Å². The molecule has 136 valence electrons. The van der Waals surface area contributed by atoms with Crippen molar-refractivity contribution >= 4 is 24.3 Å². The predicted molar refractivity (Wildman–Crippen MR) is 85.6 cm³/mol. The fourth-order valence-corrected chi connectivity index (χ4v) is 2.06. The van der Waals surface area contributed by atoms with Crippen LogP contribution in [0.15, 0.2) is 24.3 Å². The van der Waals surface area contributed by atoms with Crippen molar-refractivity contribution in [2.75, 3.05) is 6.61 Å². The first-order valence-electron chi connectivity index (χ1n) is 7.53. The molecule has 9 nitrogen and oxygen atoms in total. The molecule has 0 spiro atoms. The molecule has 0 unspecified atom stereocenters. The van der Waals surface area contributed by atoms with Crippen LogP contribution < -0.4 is 10.6 Å².